The number of hydrogen-bond donors (Lipinski definition) is 1. The van der Waals surface area contributed by atoms with Gasteiger partial charge < -0.3 is 15.4 Å². The maximum Gasteiger partial charge on any atom is 0.246 e. The number of rotatable bonds is 10. The molecular weight excluding hydrogens is 442 g/mol. The van der Waals surface area contributed by atoms with E-state index in [2.05, 4.69) is 34.4 Å². The molecule has 1 saturated heterocycles. The Kier molecular flexibility index (Phi) is 7.97. The molecule has 2 aromatic heterocycles. The standard InChI is InChI=1S/C26H35N7O2/c1-4-19-15-20(17-21(16-19)35-3)24-23-25(27)28-18-29-26(23)33(30-24)10-8-6-7-9-31-11-13-32(14-12-31)22(34)5-2/h5,15-18H,2,4,6-14H2,1,3H3,(H2,27,28,29). The number of nitrogens with zero attached hydrogens (tertiary/aromatic N) is 6. The van der Waals surface area contributed by atoms with E-state index in [9.17, 15) is 4.79 Å². The molecule has 0 radical (unpaired) electrons. The third kappa shape index (κ3) is 5.62. The summed E-state index contributed by atoms with van der Waals surface area (Å²) >= 11 is 0. The summed E-state index contributed by atoms with van der Waals surface area (Å²) in [6, 6.07) is 6.16. The maximum absolute atomic E-state index is 11.7. The van der Waals surface area contributed by atoms with Crippen LogP contribution in [0.4, 0.5) is 5.82 Å². The van der Waals surface area contributed by atoms with Gasteiger partial charge in [0.25, 0.3) is 0 Å². The monoisotopic (exact) mass is 477 g/mol. The number of carbonyl (C=O) groups excluding carboxylic acids is 1. The number of nitrogens with two attached hydrogens (primary N) is 1. The van der Waals surface area contributed by atoms with E-state index in [1.54, 1.807) is 7.11 Å². The lowest BCUT2D eigenvalue weighted by Crippen LogP contribution is -2.48. The first-order valence-corrected chi connectivity index (χ1v) is 12.3. The Morgan fingerprint density at radius 2 is 1.89 bits per heavy atom. The van der Waals surface area contributed by atoms with Crippen molar-refractivity contribution in [3.63, 3.8) is 0 Å². The molecule has 1 amide bonds. The van der Waals surface area contributed by atoms with E-state index in [-0.39, 0.29) is 5.91 Å². The van der Waals surface area contributed by atoms with Crippen molar-refractivity contribution in [2.45, 2.75) is 39.2 Å². The summed E-state index contributed by atoms with van der Waals surface area (Å²) in [6.07, 6.45) is 6.98. The molecule has 186 valence electrons. The molecule has 9 nitrogen and oxygen atoms in total. The van der Waals surface area contributed by atoms with Crippen LogP contribution in [0.25, 0.3) is 22.3 Å². The molecule has 4 rings (SSSR count). The van der Waals surface area contributed by atoms with E-state index in [4.69, 9.17) is 15.6 Å². The lowest BCUT2D eigenvalue weighted by molar-refractivity contribution is -0.127. The number of fused-ring (bicyclic) bond motifs is 1. The van der Waals surface area contributed by atoms with Crippen LogP contribution in [0.3, 0.4) is 0 Å². The third-order valence-corrected chi connectivity index (χ3v) is 6.65. The van der Waals surface area contributed by atoms with Crippen molar-refractivity contribution in [2.24, 2.45) is 0 Å². The fourth-order valence-corrected chi connectivity index (χ4v) is 4.60. The number of unbranched alkanes of at least 4 members (excludes halogenated alkanes) is 2. The highest BCUT2D eigenvalue weighted by molar-refractivity contribution is 5.98. The summed E-state index contributed by atoms with van der Waals surface area (Å²) in [5, 5.41) is 5.70. The minimum Gasteiger partial charge on any atom is -0.497 e. The van der Waals surface area contributed by atoms with Crippen LogP contribution in [0.1, 0.15) is 31.7 Å². The van der Waals surface area contributed by atoms with Gasteiger partial charge in [-0.15, -0.1) is 0 Å². The average Bonchev–Trinajstić information content (AvgIpc) is 3.28. The molecule has 0 saturated carbocycles. The van der Waals surface area contributed by atoms with Gasteiger partial charge in [-0.3, -0.25) is 9.69 Å². The summed E-state index contributed by atoms with van der Waals surface area (Å²) in [5.74, 6) is 1.26. The summed E-state index contributed by atoms with van der Waals surface area (Å²) in [4.78, 5) is 24.8. The molecule has 0 bridgehead atoms. The molecule has 1 aliphatic heterocycles. The van der Waals surface area contributed by atoms with Gasteiger partial charge in [0.1, 0.15) is 23.6 Å². The average molecular weight is 478 g/mol. The Morgan fingerprint density at radius 3 is 2.60 bits per heavy atom. The molecule has 1 aromatic carbocycles. The highest BCUT2D eigenvalue weighted by Gasteiger charge is 2.20. The van der Waals surface area contributed by atoms with E-state index >= 15 is 0 Å². The van der Waals surface area contributed by atoms with Gasteiger partial charge in [0.15, 0.2) is 5.65 Å². The van der Waals surface area contributed by atoms with Crippen molar-refractivity contribution in [1.29, 1.82) is 0 Å². The van der Waals surface area contributed by atoms with Crippen LogP contribution >= 0.6 is 0 Å². The second-order valence-corrected chi connectivity index (χ2v) is 8.88. The molecule has 1 fully saturated rings. The van der Waals surface area contributed by atoms with Crippen LogP contribution in [-0.4, -0.2) is 75.3 Å². The highest BCUT2D eigenvalue weighted by atomic mass is 16.5. The largest absolute Gasteiger partial charge is 0.497 e. The van der Waals surface area contributed by atoms with Crippen molar-refractivity contribution < 1.29 is 9.53 Å². The fourth-order valence-electron chi connectivity index (χ4n) is 4.60. The second-order valence-electron chi connectivity index (χ2n) is 8.88. The lowest BCUT2D eigenvalue weighted by atomic mass is 10.0. The number of hydrogen-bond acceptors (Lipinski definition) is 7. The first-order chi connectivity index (χ1) is 17.0. The molecule has 3 aromatic rings. The molecule has 35 heavy (non-hydrogen) atoms. The minimum atomic E-state index is 0.0276. The van der Waals surface area contributed by atoms with Crippen LogP contribution in [-0.2, 0) is 17.8 Å². The first kappa shape index (κ1) is 24.7. The number of carbonyl (C=O) groups is 1. The SMILES string of the molecule is C=CC(=O)N1CCN(CCCCCn2nc(-c3cc(CC)cc(OC)c3)c3c(N)ncnc32)CC1. The predicted molar refractivity (Wildman–Crippen MR) is 138 cm³/mol. The molecule has 2 N–H and O–H groups in total. The third-order valence-electron chi connectivity index (χ3n) is 6.65. The summed E-state index contributed by atoms with van der Waals surface area (Å²) in [5.41, 5.74) is 9.96. The van der Waals surface area contributed by atoms with E-state index in [0.717, 1.165) is 93.0 Å². The van der Waals surface area contributed by atoms with Crippen LogP contribution < -0.4 is 10.5 Å². The summed E-state index contributed by atoms with van der Waals surface area (Å²) in [6.45, 7) is 10.9. The Balaban J connectivity index is 1.40. The van der Waals surface area contributed by atoms with Crippen molar-refractivity contribution in [3.05, 3.63) is 42.7 Å². The fraction of sp³-hybridized carbons (Fsp3) is 0.462. The normalized spacial score (nSPS) is 14.4. The number of anilines is 1. The number of aryl methyl sites for hydroxylation is 2. The zero-order valence-corrected chi connectivity index (χ0v) is 20.7. The number of aromatic nitrogens is 4. The van der Waals surface area contributed by atoms with E-state index in [0.29, 0.717) is 5.82 Å². The van der Waals surface area contributed by atoms with E-state index < -0.39 is 0 Å². The van der Waals surface area contributed by atoms with Gasteiger partial charge in [-0.2, -0.15) is 5.10 Å². The molecule has 3 heterocycles. The number of amides is 1. The molecule has 0 spiro atoms. The second kappa shape index (κ2) is 11.3. The van der Waals surface area contributed by atoms with Crippen molar-refractivity contribution in [3.8, 4) is 17.0 Å². The van der Waals surface area contributed by atoms with Gasteiger partial charge in [0.2, 0.25) is 5.91 Å². The topological polar surface area (TPSA) is 102 Å². The van der Waals surface area contributed by atoms with Crippen molar-refractivity contribution >= 4 is 22.8 Å². The van der Waals surface area contributed by atoms with Gasteiger partial charge in [0.05, 0.1) is 12.5 Å². The van der Waals surface area contributed by atoms with Crippen LogP contribution in [0.5, 0.6) is 5.75 Å². The lowest BCUT2D eigenvalue weighted by Gasteiger charge is -2.34. The molecule has 0 atom stereocenters. The van der Waals surface area contributed by atoms with Crippen LogP contribution in [0.15, 0.2) is 37.2 Å². The van der Waals surface area contributed by atoms with Gasteiger partial charge in [0, 0.05) is 38.3 Å². The minimum absolute atomic E-state index is 0.0276. The Hall–Kier alpha value is -3.46. The quantitative estimate of drug-likeness (QED) is 0.353. The van der Waals surface area contributed by atoms with E-state index in [1.807, 2.05) is 21.7 Å². The van der Waals surface area contributed by atoms with E-state index in [1.165, 1.54) is 18.0 Å². The number of piperazine rings is 1. The number of benzene rings is 1. The molecule has 0 unspecified atom stereocenters. The van der Waals surface area contributed by atoms with Crippen LogP contribution in [0, 0.1) is 0 Å². The Morgan fingerprint density at radius 1 is 1.11 bits per heavy atom. The summed E-state index contributed by atoms with van der Waals surface area (Å²) in [7, 11) is 1.67. The van der Waals surface area contributed by atoms with Crippen molar-refractivity contribution in [2.75, 3.05) is 45.6 Å². The van der Waals surface area contributed by atoms with Gasteiger partial charge >= 0.3 is 0 Å². The number of methoxy groups -OCH3 is 1. The summed E-state index contributed by atoms with van der Waals surface area (Å²) < 4.78 is 7.46. The Bertz CT molecular complexity index is 1160. The number of nitrogen functional groups attached to an aromatic ring is 1. The van der Waals surface area contributed by atoms with Gasteiger partial charge in [-0.25, -0.2) is 14.6 Å². The van der Waals surface area contributed by atoms with Gasteiger partial charge in [-0.05, 0) is 55.6 Å². The zero-order chi connectivity index (χ0) is 24.8. The molecule has 9 heteroatoms. The Labute approximate surface area is 206 Å². The number of ether oxygens (including phenoxy) is 1. The van der Waals surface area contributed by atoms with Gasteiger partial charge in [-0.1, -0.05) is 19.9 Å². The predicted octanol–water partition coefficient (Wildman–Crippen LogP) is 3.15. The first-order valence-electron chi connectivity index (χ1n) is 12.3. The molecule has 0 aliphatic carbocycles. The van der Waals surface area contributed by atoms with Crippen molar-refractivity contribution in [1.82, 2.24) is 29.5 Å². The molecular formula is C26H35N7O2. The maximum atomic E-state index is 11.7. The molecule has 1 aliphatic rings. The zero-order valence-electron chi connectivity index (χ0n) is 20.7. The smallest absolute Gasteiger partial charge is 0.246 e. The van der Waals surface area contributed by atoms with Crippen LogP contribution in [0.2, 0.25) is 0 Å². The highest BCUT2D eigenvalue weighted by Crippen LogP contribution is 2.33.